The van der Waals surface area contributed by atoms with Crippen molar-refractivity contribution in [2.45, 2.75) is 26.2 Å². The average Bonchev–Trinajstić information content (AvgIpc) is 3.11. The standard InChI is InChI=1S/C20H22F3N5O.HI/c1-14-4-3-5-18-27-16(12-28(14)18)11-26-19(24-2)25-10-15-6-8-17(9-7-15)29-13-20(21,22)23;/h3-9,12H,10-11,13H2,1-2H3,(H2,24,25,26);1H. The zero-order valence-corrected chi connectivity index (χ0v) is 18.9. The molecule has 2 aromatic heterocycles. The highest BCUT2D eigenvalue weighted by Crippen LogP contribution is 2.18. The molecule has 0 spiro atoms. The normalized spacial score (nSPS) is 11.8. The Morgan fingerprint density at radius 2 is 1.80 bits per heavy atom. The van der Waals surface area contributed by atoms with Gasteiger partial charge in [0.05, 0.1) is 12.2 Å². The molecule has 0 radical (unpaired) electrons. The molecule has 0 saturated heterocycles. The van der Waals surface area contributed by atoms with Crippen LogP contribution in [-0.2, 0) is 13.1 Å². The van der Waals surface area contributed by atoms with E-state index in [4.69, 9.17) is 4.74 Å². The predicted molar refractivity (Wildman–Crippen MR) is 120 cm³/mol. The molecule has 6 nitrogen and oxygen atoms in total. The zero-order chi connectivity index (χ0) is 20.9. The highest BCUT2D eigenvalue weighted by Gasteiger charge is 2.28. The van der Waals surface area contributed by atoms with Gasteiger partial charge < -0.3 is 19.8 Å². The summed E-state index contributed by atoms with van der Waals surface area (Å²) >= 11 is 0. The first kappa shape index (κ1) is 23.8. The molecule has 2 heterocycles. The number of guanidine groups is 1. The molecule has 3 aromatic rings. The second kappa shape index (κ2) is 10.5. The third-order valence-electron chi connectivity index (χ3n) is 4.19. The predicted octanol–water partition coefficient (Wildman–Crippen LogP) is 4.07. The van der Waals surface area contributed by atoms with E-state index in [1.54, 1.807) is 19.2 Å². The zero-order valence-electron chi connectivity index (χ0n) is 16.5. The third kappa shape index (κ3) is 6.78. The van der Waals surface area contributed by atoms with Crippen molar-refractivity contribution >= 4 is 35.6 Å². The summed E-state index contributed by atoms with van der Waals surface area (Å²) in [4.78, 5) is 8.74. The van der Waals surface area contributed by atoms with Crippen molar-refractivity contribution in [1.29, 1.82) is 0 Å². The van der Waals surface area contributed by atoms with Gasteiger partial charge in [0.25, 0.3) is 0 Å². The van der Waals surface area contributed by atoms with Crippen LogP contribution >= 0.6 is 24.0 Å². The highest BCUT2D eigenvalue weighted by atomic mass is 127. The number of benzene rings is 1. The van der Waals surface area contributed by atoms with Gasteiger partial charge in [0.15, 0.2) is 12.6 Å². The minimum absolute atomic E-state index is 0. The summed E-state index contributed by atoms with van der Waals surface area (Å²) < 4.78 is 43.3. The van der Waals surface area contributed by atoms with Gasteiger partial charge in [-0.15, -0.1) is 24.0 Å². The average molecular weight is 533 g/mol. The number of pyridine rings is 1. The number of hydrogen-bond acceptors (Lipinski definition) is 3. The molecule has 1 aromatic carbocycles. The first-order valence-corrected chi connectivity index (χ1v) is 9.01. The lowest BCUT2D eigenvalue weighted by atomic mass is 10.2. The summed E-state index contributed by atoms with van der Waals surface area (Å²) in [5.41, 5.74) is 3.76. The molecule has 0 bridgehead atoms. The van der Waals surface area contributed by atoms with Gasteiger partial charge in [-0.3, -0.25) is 4.99 Å². The second-order valence-electron chi connectivity index (χ2n) is 6.45. The molecule has 3 rings (SSSR count). The fraction of sp³-hybridized carbons (Fsp3) is 0.300. The number of ether oxygens (including phenoxy) is 1. The molecule has 0 fully saturated rings. The molecule has 30 heavy (non-hydrogen) atoms. The van der Waals surface area contributed by atoms with E-state index >= 15 is 0 Å². The maximum atomic E-state index is 12.2. The van der Waals surface area contributed by atoms with E-state index in [9.17, 15) is 13.2 Å². The Bertz CT molecular complexity index is 986. The number of aliphatic imine (C=N–C) groups is 1. The van der Waals surface area contributed by atoms with Gasteiger partial charge in [-0.05, 0) is 36.8 Å². The number of aromatic nitrogens is 2. The fourth-order valence-corrected chi connectivity index (χ4v) is 2.73. The van der Waals surface area contributed by atoms with Gasteiger partial charge in [-0.2, -0.15) is 13.2 Å². The van der Waals surface area contributed by atoms with Crippen molar-refractivity contribution in [2.24, 2.45) is 4.99 Å². The molecule has 0 amide bonds. The first-order chi connectivity index (χ1) is 13.8. The van der Waals surface area contributed by atoms with Gasteiger partial charge in [-0.25, -0.2) is 4.98 Å². The van der Waals surface area contributed by atoms with E-state index in [2.05, 4.69) is 20.6 Å². The van der Waals surface area contributed by atoms with Crippen molar-refractivity contribution in [1.82, 2.24) is 20.0 Å². The minimum Gasteiger partial charge on any atom is -0.484 e. The molecule has 0 aliphatic heterocycles. The number of aryl methyl sites for hydroxylation is 1. The summed E-state index contributed by atoms with van der Waals surface area (Å²) in [5.74, 6) is 0.770. The third-order valence-corrected chi connectivity index (χ3v) is 4.19. The van der Waals surface area contributed by atoms with E-state index in [0.717, 1.165) is 22.6 Å². The molecule has 0 saturated carbocycles. The summed E-state index contributed by atoms with van der Waals surface area (Å²) in [6.07, 6.45) is -2.37. The topological polar surface area (TPSA) is 63.0 Å². The maximum absolute atomic E-state index is 12.2. The van der Waals surface area contributed by atoms with Crippen molar-refractivity contribution < 1.29 is 17.9 Å². The van der Waals surface area contributed by atoms with E-state index in [0.29, 0.717) is 19.0 Å². The summed E-state index contributed by atoms with van der Waals surface area (Å²) in [5, 5.41) is 6.36. The van der Waals surface area contributed by atoms with Crippen LogP contribution in [0.15, 0.2) is 53.7 Å². The molecule has 0 unspecified atom stereocenters. The Labute approximate surface area is 189 Å². The first-order valence-electron chi connectivity index (χ1n) is 9.01. The van der Waals surface area contributed by atoms with Crippen LogP contribution in [0.5, 0.6) is 5.75 Å². The lowest BCUT2D eigenvalue weighted by molar-refractivity contribution is -0.153. The van der Waals surface area contributed by atoms with E-state index in [1.165, 1.54) is 12.1 Å². The molecule has 162 valence electrons. The monoisotopic (exact) mass is 533 g/mol. The molecule has 0 aliphatic carbocycles. The minimum atomic E-state index is -4.35. The van der Waals surface area contributed by atoms with E-state index < -0.39 is 12.8 Å². The largest absolute Gasteiger partial charge is 0.484 e. The van der Waals surface area contributed by atoms with Crippen LogP contribution in [0.2, 0.25) is 0 Å². The number of halogens is 4. The molecule has 0 atom stereocenters. The summed E-state index contributed by atoms with van der Waals surface area (Å²) in [6.45, 7) is 1.68. The van der Waals surface area contributed by atoms with Gasteiger partial charge >= 0.3 is 6.18 Å². The van der Waals surface area contributed by atoms with Crippen LogP contribution in [0.4, 0.5) is 13.2 Å². The Morgan fingerprint density at radius 1 is 1.10 bits per heavy atom. The van der Waals surface area contributed by atoms with Crippen LogP contribution in [0.25, 0.3) is 5.65 Å². The van der Waals surface area contributed by atoms with Crippen LogP contribution in [0, 0.1) is 6.92 Å². The van der Waals surface area contributed by atoms with E-state index in [1.807, 2.05) is 35.7 Å². The molecule has 0 aliphatic rings. The van der Waals surface area contributed by atoms with Gasteiger partial charge in [0.1, 0.15) is 11.4 Å². The Morgan fingerprint density at radius 3 is 2.43 bits per heavy atom. The molecular weight excluding hydrogens is 510 g/mol. The number of fused-ring (bicyclic) bond motifs is 1. The number of rotatable bonds is 6. The molecular formula is C20H23F3IN5O. The number of hydrogen-bond donors (Lipinski definition) is 2. The van der Waals surface area contributed by atoms with Crippen LogP contribution in [0.1, 0.15) is 17.0 Å². The lowest BCUT2D eigenvalue weighted by Crippen LogP contribution is -2.36. The smallest absolute Gasteiger partial charge is 0.422 e. The van der Waals surface area contributed by atoms with Crippen LogP contribution < -0.4 is 15.4 Å². The van der Waals surface area contributed by atoms with Gasteiger partial charge in [0, 0.05) is 25.5 Å². The highest BCUT2D eigenvalue weighted by molar-refractivity contribution is 14.0. The second-order valence-corrected chi connectivity index (χ2v) is 6.45. The van der Waals surface area contributed by atoms with E-state index in [-0.39, 0.29) is 29.7 Å². The lowest BCUT2D eigenvalue weighted by Gasteiger charge is -2.12. The van der Waals surface area contributed by atoms with Crippen molar-refractivity contribution in [2.75, 3.05) is 13.7 Å². The summed E-state index contributed by atoms with van der Waals surface area (Å²) in [6, 6.07) is 12.4. The quantitative estimate of drug-likeness (QED) is 0.285. The summed E-state index contributed by atoms with van der Waals surface area (Å²) in [7, 11) is 1.66. The van der Waals surface area contributed by atoms with Crippen molar-refractivity contribution in [3.05, 3.63) is 65.6 Å². The Balaban J connectivity index is 0.00000320. The number of nitrogens with zero attached hydrogens (tertiary/aromatic N) is 3. The molecule has 2 N–H and O–H groups in total. The number of imidazole rings is 1. The Kier molecular flexibility index (Phi) is 8.33. The van der Waals surface area contributed by atoms with Crippen LogP contribution in [-0.4, -0.2) is 35.2 Å². The van der Waals surface area contributed by atoms with Crippen molar-refractivity contribution in [3.8, 4) is 5.75 Å². The number of nitrogens with one attached hydrogen (secondary N) is 2. The van der Waals surface area contributed by atoms with Crippen molar-refractivity contribution in [3.63, 3.8) is 0 Å². The number of alkyl halides is 3. The van der Waals surface area contributed by atoms with Gasteiger partial charge in [0.2, 0.25) is 0 Å². The van der Waals surface area contributed by atoms with Crippen LogP contribution in [0.3, 0.4) is 0 Å². The van der Waals surface area contributed by atoms with Gasteiger partial charge in [-0.1, -0.05) is 18.2 Å². The maximum Gasteiger partial charge on any atom is 0.422 e. The fourth-order valence-electron chi connectivity index (χ4n) is 2.73. The Hall–Kier alpha value is -2.50. The SMILES string of the molecule is CN=C(NCc1ccc(OCC(F)(F)F)cc1)NCc1cn2c(C)cccc2n1.I. The molecule has 10 heteroatoms.